The van der Waals surface area contributed by atoms with Gasteiger partial charge in [0.2, 0.25) is 0 Å². The van der Waals surface area contributed by atoms with Crippen LogP contribution in [0.5, 0.6) is 0 Å². The molecule has 2 heterocycles. The molecule has 8 heteroatoms. The summed E-state index contributed by atoms with van der Waals surface area (Å²) in [6.07, 6.45) is 3.89. The van der Waals surface area contributed by atoms with Gasteiger partial charge in [0.1, 0.15) is 6.10 Å². The van der Waals surface area contributed by atoms with Crippen LogP contribution < -0.4 is 5.32 Å². The molecule has 7 nitrogen and oxygen atoms in total. The highest BCUT2D eigenvalue weighted by Crippen LogP contribution is 2.21. The minimum absolute atomic E-state index is 0. The molecular weight excluding hydrogens is 469 g/mol. The van der Waals surface area contributed by atoms with Crippen LogP contribution >= 0.6 is 24.0 Å². The van der Waals surface area contributed by atoms with Crippen LogP contribution in [0.15, 0.2) is 41.7 Å². The van der Waals surface area contributed by atoms with E-state index in [4.69, 9.17) is 9.47 Å². The second kappa shape index (κ2) is 11.4. The highest BCUT2D eigenvalue weighted by atomic mass is 127. The van der Waals surface area contributed by atoms with E-state index in [0.29, 0.717) is 13.2 Å². The average Bonchev–Trinajstić information content (AvgIpc) is 3.14. The SMILES string of the molecule is CCOCc1ccc(CNC(=NC)N2CCOC(c3cnn(C)c3)C2)cc1.I. The van der Waals surface area contributed by atoms with Crippen LogP contribution in [0.3, 0.4) is 0 Å². The van der Waals surface area contributed by atoms with Crippen molar-refractivity contribution in [3.05, 3.63) is 53.3 Å². The summed E-state index contributed by atoms with van der Waals surface area (Å²) in [6.45, 7) is 6.40. The Morgan fingerprint density at radius 1 is 1.32 bits per heavy atom. The largest absolute Gasteiger partial charge is 0.377 e. The average molecular weight is 499 g/mol. The van der Waals surface area contributed by atoms with E-state index < -0.39 is 0 Å². The monoisotopic (exact) mass is 499 g/mol. The third kappa shape index (κ3) is 6.18. The van der Waals surface area contributed by atoms with Crippen molar-refractivity contribution < 1.29 is 9.47 Å². The van der Waals surface area contributed by atoms with Crippen molar-refractivity contribution in [1.29, 1.82) is 0 Å². The molecule has 1 fully saturated rings. The van der Waals surface area contributed by atoms with Gasteiger partial charge >= 0.3 is 0 Å². The van der Waals surface area contributed by atoms with E-state index in [0.717, 1.165) is 37.8 Å². The lowest BCUT2D eigenvalue weighted by molar-refractivity contribution is -0.00805. The molecule has 2 aromatic rings. The van der Waals surface area contributed by atoms with Crippen LogP contribution in [-0.2, 0) is 29.7 Å². The molecule has 0 amide bonds. The second-order valence-corrected chi connectivity index (χ2v) is 6.61. The number of aryl methyl sites for hydroxylation is 1. The molecule has 0 bridgehead atoms. The summed E-state index contributed by atoms with van der Waals surface area (Å²) in [5.74, 6) is 0.894. The van der Waals surface area contributed by atoms with Gasteiger partial charge in [0.15, 0.2) is 5.96 Å². The molecule has 1 saturated heterocycles. The minimum Gasteiger partial charge on any atom is -0.377 e. The van der Waals surface area contributed by atoms with Crippen LogP contribution in [0, 0.1) is 0 Å². The third-order valence-electron chi connectivity index (χ3n) is 4.62. The standard InChI is InChI=1S/C20H29N5O2.HI/c1-4-26-15-17-7-5-16(6-8-17)11-22-20(21-2)25-9-10-27-19(14-25)18-12-23-24(3)13-18;/h5-8,12-13,19H,4,9-11,14-15H2,1-3H3,(H,21,22);1H. The molecule has 1 atom stereocenters. The highest BCUT2D eigenvalue weighted by molar-refractivity contribution is 14.0. The summed E-state index contributed by atoms with van der Waals surface area (Å²) in [5, 5.41) is 7.71. The molecule has 0 spiro atoms. The van der Waals surface area contributed by atoms with Gasteiger partial charge in [0, 0.05) is 45.6 Å². The molecule has 28 heavy (non-hydrogen) atoms. The molecule has 0 radical (unpaired) electrons. The zero-order valence-corrected chi connectivity index (χ0v) is 19.1. The van der Waals surface area contributed by atoms with Gasteiger partial charge in [-0.1, -0.05) is 24.3 Å². The first-order valence-corrected chi connectivity index (χ1v) is 9.41. The Morgan fingerprint density at radius 2 is 2.07 bits per heavy atom. The van der Waals surface area contributed by atoms with Crippen molar-refractivity contribution in [2.24, 2.45) is 12.0 Å². The first kappa shape index (κ1) is 22.6. The molecule has 1 aromatic heterocycles. The predicted molar refractivity (Wildman–Crippen MR) is 121 cm³/mol. The van der Waals surface area contributed by atoms with Gasteiger partial charge in [-0.25, -0.2) is 0 Å². The van der Waals surface area contributed by atoms with Crippen LogP contribution in [0.25, 0.3) is 0 Å². The molecule has 0 aliphatic carbocycles. The molecule has 1 aliphatic rings. The Balaban J connectivity index is 0.00000280. The number of nitrogens with zero attached hydrogens (tertiary/aromatic N) is 4. The number of hydrogen-bond acceptors (Lipinski definition) is 4. The summed E-state index contributed by atoms with van der Waals surface area (Å²) in [4.78, 5) is 6.69. The topological polar surface area (TPSA) is 63.9 Å². The number of hydrogen-bond donors (Lipinski definition) is 1. The van der Waals surface area contributed by atoms with Crippen molar-refractivity contribution in [3.8, 4) is 0 Å². The van der Waals surface area contributed by atoms with Gasteiger partial charge in [-0.2, -0.15) is 5.10 Å². The lowest BCUT2D eigenvalue weighted by atomic mass is 10.1. The molecule has 1 N–H and O–H groups in total. The Hall–Kier alpha value is -1.65. The number of rotatable bonds is 6. The van der Waals surface area contributed by atoms with E-state index in [9.17, 15) is 0 Å². The fourth-order valence-electron chi connectivity index (χ4n) is 3.14. The quantitative estimate of drug-likeness (QED) is 0.376. The van der Waals surface area contributed by atoms with Gasteiger partial charge in [-0.15, -0.1) is 24.0 Å². The van der Waals surface area contributed by atoms with Crippen LogP contribution in [0.1, 0.15) is 29.7 Å². The zero-order valence-electron chi connectivity index (χ0n) is 16.8. The number of aliphatic imine (C=N–C) groups is 1. The molecule has 1 aliphatic heterocycles. The minimum atomic E-state index is 0. The van der Waals surface area contributed by atoms with E-state index in [-0.39, 0.29) is 30.1 Å². The van der Waals surface area contributed by atoms with Crippen LogP contribution in [-0.4, -0.2) is 54.0 Å². The summed E-state index contributed by atoms with van der Waals surface area (Å²) in [6, 6.07) is 8.49. The highest BCUT2D eigenvalue weighted by Gasteiger charge is 2.25. The fraction of sp³-hybridized carbons (Fsp3) is 0.500. The third-order valence-corrected chi connectivity index (χ3v) is 4.62. The maximum Gasteiger partial charge on any atom is 0.194 e. The molecular formula is C20H30IN5O2. The van der Waals surface area contributed by atoms with Gasteiger partial charge in [0.25, 0.3) is 0 Å². The first-order chi connectivity index (χ1) is 13.2. The van der Waals surface area contributed by atoms with Gasteiger partial charge in [-0.3, -0.25) is 9.67 Å². The Morgan fingerprint density at radius 3 is 2.71 bits per heavy atom. The van der Waals surface area contributed by atoms with Crippen LogP contribution in [0.2, 0.25) is 0 Å². The normalized spacial score (nSPS) is 17.3. The number of benzene rings is 1. The van der Waals surface area contributed by atoms with Gasteiger partial charge in [-0.05, 0) is 18.1 Å². The van der Waals surface area contributed by atoms with Crippen molar-refractivity contribution in [1.82, 2.24) is 20.0 Å². The van der Waals surface area contributed by atoms with Crippen molar-refractivity contribution in [3.63, 3.8) is 0 Å². The Kier molecular flexibility index (Phi) is 9.20. The lowest BCUT2D eigenvalue weighted by Crippen LogP contribution is -2.47. The van der Waals surface area contributed by atoms with E-state index in [1.54, 1.807) is 4.68 Å². The maximum atomic E-state index is 5.92. The summed E-state index contributed by atoms with van der Waals surface area (Å²) < 4.78 is 13.2. The molecule has 0 saturated carbocycles. The second-order valence-electron chi connectivity index (χ2n) is 6.61. The van der Waals surface area contributed by atoms with Crippen molar-refractivity contribution in [2.45, 2.75) is 26.2 Å². The smallest absolute Gasteiger partial charge is 0.194 e. The van der Waals surface area contributed by atoms with Crippen LogP contribution in [0.4, 0.5) is 0 Å². The Bertz CT molecular complexity index is 747. The number of halogens is 1. The van der Waals surface area contributed by atoms with E-state index in [1.807, 2.05) is 33.4 Å². The molecule has 3 rings (SSSR count). The summed E-state index contributed by atoms with van der Waals surface area (Å²) in [7, 11) is 3.74. The lowest BCUT2D eigenvalue weighted by Gasteiger charge is -2.34. The van der Waals surface area contributed by atoms with Gasteiger partial charge < -0.3 is 19.7 Å². The summed E-state index contributed by atoms with van der Waals surface area (Å²) in [5.41, 5.74) is 3.51. The molecule has 1 aromatic carbocycles. The Labute approximate surface area is 184 Å². The fourth-order valence-corrected chi connectivity index (χ4v) is 3.14. The van der Waals surface area contributed by atoms with Crippen molar-refractivity contribution >= 4 is 29.9 Å². The molecule has 1 unspecified atom stereocenters. The number of aromatic nitrogens is 2. The molecule has 154 valence electrons. The van der Waals surface area contributed by atoms with Crippen molar-refractivity contribution in [2.75, 3.05) is 33.4 Å². The van der Waals surface area contributed by atoms with E-state index in [1.165, 1.54) is 11.1 Å². The van der Waals surface area contributed by atoms with E-state index >= 15 is 0 Å². The number of nitrogens with one attached hydrogen (secondary N) is 1. The maximum absolute atomic E-state index is 5.92. The predicted octanol–water partition coefficient (Wildman–Crippen LogP) is 2.72. The number of morpholine rings is 1. The first-order valence-electron chi connectivity index (χ1n) is 9.41. The zero-order chi connectivity index (χ0) is 19.1. The summed E-state index contributed by atoms with van der Waals surface area (Å²) >= 11 is 0. The number of guanidine groups is 1. The van der Waals surface area contributed by atoms with E-state index in [2.05, 4.69) is 44.6 Å². The van der Waals surface area contributed by atoms with Gasteiger partial charge in [0.05, 0.1) is 26.0 Å². The number of ether oxygens (including phenoxy) is 2.